The fraction of sp³-hybridized carbons (Fsp3) is 0.889. The standard InChI is InChI=1S/C18H34N2O2/c1-3-4-5-6-7-8-9-10-11-12-13-17-19-14-15-20(17,2)16-18(21)22/h3-16H2,1-2H3. The van der Waals surface area contributed by atoms with Crippen molar-refractivity contribution in [2.24, 2.45) is 4.99 Å². The predicted molar refractivity (Wildman–Crippen MR) is 89.7 cm³/mol. The molecule has 0 fully saturated rings. The van der Waals surface area contributed by atoms with Crippen molar-refractivity contribution in [3.63, 3.8) is 0 Å². The Morgan fingerprint density at radius 1 is 1.05 bits per heavy atom. The van der Waals surface area contributed by atoms with Crippen LogP contribution >= 0.6 is 0 Å². The van der Waals surface area contributed by atoms with Gasteiger partial charge < -0.3 is 9.90 Å². The Hall–Kier alpha value is -0.900. The molecule has 0 aromatic heterocycles. The third-order valence-corrected chi connectivity index (χ3v) is 4.74. The van der Waals surface area contributed by atoms with Crippen LogP contribution in [0.5, 0.6) is 0 Å². The summed E-state index contributed by atoms with van der Waals surface area (Å²) >= 11 is 0. The molecule has 1 aliphatic heterocycles. The first kappa shape index (κ1) is 19.1. The van der Waals surface area contributed by atoms with Crippen molar-refractivity contribution in [2.75, 3.05) is 26.7 Å². The number of carbonyl (C=O) groups excluding carboxylic acids is 1. The van der Waals surface area contributed by atoms with Crippen LogP contribution in [0.25, 0.3) is 0 Å². The lowest BCUT2D eigenvalue weighted by atomic mass is 10.1. The number of nitrogens with zero attached hydrogens (tertiary/aromatic N) is 2. The van der Waals surface area contributed by atoms with Gasteiger partial charge in [-0.05, 0) is 6.42 Å². The molecule has 0 spiro atoms. The van der Waals surface area contributed by atoms with Crippen molar-refractivity contribution in [1.82, 2.24) is 0 Å². The molecular weight excluding hydrogens is 276 g/mol. The number of amidine groups is 1. The van der Waals surface area contributed by atoms with E-state index in [0.717, 1.165) is 31.8 Å². The summed E-state index contributed by atoms with van der Waals surface area (Å²) in [5, 5.41) is 10.9. The molecule has 0 radical (unpaired) electrons. The Morgan fingerprint density at radius 3 is 2.14 bits per heavy atom. The summed E-state index contributed by atoms with van der Waals surface area (Å²) in [6.45, 7) is 3.89. The molecular formula is C18H34N2O2. The van der Waals surface area contributed by atoms with Gasteiger partial charge in [-0.15, -0.1) is 0 Å². The van der Waals surface area contributed by atoms with Gasteiger partial charge in [0.25, 0.3) is 0 Å². The largest absolute Gasteiger partial charge is 0.544 e. The van der Waals surface area contributed by atoms with Gasteiger partial charge in [0, 0.05) is 6.42 Å². The lowest BCUT2D eigenvalue weighted by molar-refractivity contribution is -0.809. The summed E-state index contributed by atoms with van der Waals surface area (Å²) < 4.78 is 0.458. The number of rotatable bonds is 13. The van der Waals surface area contributed by atoms with Gasteiger partial charge in [-0.3, -0.25) is 4.48 Å². The molecule has 1 atom stereocenters. The Labute approximate surface area is 136 Å². The molecule has 0 bridgehead atoms. The smallest absolute Gasteiger partial charge is 0.198 e. The van der Waals surface area contributed by atoms with Gasteiger partial charge in [-0.25, -0.2) is 4.99 Å². The third kappa shape index (κ3) is 7.39. The van der Waals surface area contributed by atoms with Crippen LogP contribution in [0.4, 0.5) is 0 Å². The normalized spacial score (nSPS) is 21.1. The average molecular weight is 310 g/mol. The van der Waals surface area contributed by atoms with E-state index in [2.05, 4.69) is 11.9 Å². The molecule has 1 aliphatic rings. The predicted octanol–water partition coefficient (Wildman–Crippen LogP) is 2.91. The first-order chi connectivity index (χ1) is 10.6. The fourth-order valence-electron chi connectivity index (χ4n) is 3.27. The Kier molecular flexibility index (Phi) is 9.37. The molecule has 128 valence electrons. The van der Waals surface area contributed by atoms with Crippen molar-refractivity contribution in [3.8, 4) is 0 Å². The number of hydrogen-bond acceptors (Lipinski definition) is 3. The number of aliphatic imine (C=N–C) groups is 1. The maximum atomic E-state index is 10.9. The van der Waals surface area contributed by atoms with Gasteiger partial charge >= 0.3 is 0 Å². The average Bonchev–Trinajstić information content (AvgIpc) is 2.81. The minimum atomic E-state index is -0.972. The van der Waals surface area contributed by atoms with E-state index in [4.69, 9.17) is 0 Å². The SMILES string of the molecule is CCCCCCCCCCCCC1=NCC[N+]1(C)CC(=O)[O-]. The van der Waals surface area contributed by atoms with Gasteiger partial charge in [-0.2, -0.15) is 0 Å². The summed E-state index contributed by atoms with van der Waals surface area (Å²) in [5.41, 5.74) is 0. The highest BCUT2D eigenvalue weighted by molar-refractivity contribution is 5.79. The number of unbranched alkanes of at least 4 members (excludes halogenated alkanes) is 9. The highest BCUT2D eigenvalue weighted by atomic mass is 16.4. The molecule has 0 aromatic carbocycles. The maximum absolute atomic E-state index is 10.9. The topological polar surface area (TPSA) is 52.5 Å². The third-order valence-electron chi connectivity index (χ3n) is 4.74. The van der Waals surface area contributed by atoms with Crippen LogP contribution in [0, 0.1) is 0 Å². The summed E-state index contributed by atoms with van der Waals surface area (Å²) in [6, 6.07) is 0. The van der Waals surface area contributed by atoms with Crippen LogP contribution in [-0.4, -0.2) is 43.0 Å². The maximum Gasteiger partial charge on any atom is 0.198 e. The van der Waals surface area contributed by atoms with E-state index in [-0.39, 0.29) is 6.54 Å². The molecule has 0 saturated heterocycles. The van der Waals surface area contributed by atoms with Crippen LogP contribution in [0.3, 0.4) is 0 Å². The van der Waals surface area contributed by atoms with E-state index < -0.39 is 5.97 Å². The van der Waals surface area contributed by atoms with Crippen LogP contribution < -0.4 is 5.11 Å². The lowest BCUT2D eigenvalue weighted by Gasteiger charge is -2.30. The molecule has 1 unspecified atom stereocenters. The van der Waals surface area contributed by atoms with Gasteiger partial charge in [0.05, 0.1) is 19.6 Å². The zero-order chi connectivity index (χ0) is 16.3. The number of carboxylic acid groups (broad SMARTS) is 1. The van der Waals surface area contributed by atoms with Crippen LogP contribution in [0.1, 0.15) is 77.6 Å². The molecule has 4 nitrogen and oxygen atoms in total. The number of carbonyl (C=O) groups is 1. The van der Waals surface area contributed by atoms with Gasteiger partial charge in [0.1, 0.15) is 13.1 Å². The van der Waals surface area contributed by atoms with Crippen molar-refractivity contribution in [3.05, 3.63) is 0 Å². The molecule has 0 aliphatic carbocycles. The Bertz CT molecular complexity index is 355. The molecule has 0 amide bonds. The lowest BCUT2D eigenvalue weighted by Crippen LogP contribution is -2.53. The van der Waals surface area contributed by atoms with E-state index >= 15 is 0 Å². The Balaban J connectivity index is 2.03. The van der Waals surface area contributed by atoms with Crippen LogP contribution in [0.2, 0.25) is 0 Å². The van der Waals surface area contributed by atoms with Gasteiger partial charge in [0.2, 0.25) is 0 Å². The molecule has 0 N–H and O–H groups in total. The second-order valence-electron chi connectivity index (χ2n) is 6.88. The van der Waals surface area contributed by atoms with Crippen molar-refractivity contribution in [2.45, 2.75) is 77.6 Å². The molecule has 0 aromatic rings. The second-order valence-corrected chi connectivity index (χ2v) is 6.88. The summed E-state index contributed by atoms with van der Waals surface area (Å²) in [5.74, 6) is 0.0870. The first-order valence-electron chi connectivity index (χ1n) is 9.17. The zero-order valence-electron chi connectivity index (χ0n) is 14.6. The van der Waals surface area contributed by atoms with Crippen molar-refractivity contribution < 1.29 is 14.4 Å². The highest BCUT2D eigenvalue weighted by Gasteiger charge is 2.32. The van der Waals surface area contributed by atoms with Crippen molar-refractivity contribution in [1.29, 1.82) is 0 Å². The molecule has 22 heavy (non-hydrogen) atoms. The monoisotopic (exact) mass is 310 g/mol. The van der Waals surface area contributed by atoms with E-state index in [1.54, 1.807) is 0 Å². The Morgan fingerprint density at radius 2 is 1.59 bits per heavy atom. The fourth-order valence-corrected chi connectivity index (χ4v) is 3.27. The van der Waals surface area contributed by atoms with E-state index in [1.807, 2.05) is 7.05 Å². The van der Waals surface area contributed by atoms with E-state index in [1.165, 1.54) is 57.8 Å². The quantitative estimate of drug-likeness (QED) is 0.388. The van der Waals surface area contributed by atoms with E-state index in [9.17, 15) is 9.90 Å². The number of carboxylic acids is 1. The summed E-state index contributed by atoms with van der Waals surface area (Å²) in [7, 11) is 1.97. The molecule has 4 heteroatoms. The zero-order valence-corrected chi connectivity index (χ0v) is 14.6. The molecule has 1 rings (SSSR count). The number of quaternary nitrogens is 1. The van der Waals surface area contributed by atoms with Crippen LogP contribution in [0.15, 0.2) is 4.99 Å². The number of aliphatic carboxylic acids is 1. The van der Waals surface area contributed by atoms with E-state index in [0.29, 0.717) is 4.48 Å². The molecule has 1 heterocycles. The summed E-state index contributed by atoms with van der Waals surface area (Å²) in [6.07, 6.45) is 14.2. The van der Waals surface area contributed by atoms with Gasteiger partial charge in [0.15, 0.2) is 5.84 Å². The minimum absolute atomic E-state index is 0.0661. The molecule has 0 saturated carbocycles. The van der Waals surface area contributed by atoms with Crippen molar-refractivity contribution >= 4 is 11.8 Å². The van der Waals surface area contributed by atoms with Crippen LogP contribution in [-0.2, 0) is 4.79 Å². The second kappa shape index (κ2) is 10.8. The minimum Gasteiger partial charge on any atom is -0.544 e. The van der Waals surface area contributed by atoms with Gasteiger partial charge in [-0.1, -0.05) is 64.7 Å². The number of hydrogen-bond donors (Lipinski definition) is 0. The highest BCUT2D eigenvalue weighted by Crippen LogP contribution is 2.17. The summed E-state index contributed by atoms with van der Waals surface area (Å²) in [4.78, 5) is 15.4. The number of likely N-dealkylation sites (N-methyl/N-ethyl adjacent to an activating group) is 1. The first-order valence-corrected chi connectivity index (χ1v) is 9.17.